The van der Waals surface area contributed by atoms with Gasteiger partial charge < -0.3 is 19.3 Å². The van der Waals surface area contributed by atoms with Crippen LogP contribution in [0.2, 0.25) is 0 Å². The minimum atomic E-state index is -0.203. The Hall–Kier alpha value is -3.10. The SMILES string of the molecule is COc1cc2ncnc(N3CCC(CCN4C(=O)C5CCCN5C4=O)CC3)c2cc1OC. The molecule has 1 aromatic carbocycles. The number of aromatic nitrogens is 2. The van der Waals surface area contributed by atoms with E-state index in [0.717, 1.165) is 61.9 Å². The van der Waals surface area contributed by atoms with Crippen LogP contribution in [0.15, 0.2) is 18.5 Å². The molecule has 0 bridgehead atoms. The zero-order chi connectivity index (χ0) is 22.2. The molecule has 3 fully saturated rings. The smallest absolute Gasteiger partial charge is 0.327 e. The molecule has 3 saturated heterocycles. The summed E-state index contributed by atoms with van der Waals surface area (Å²) in [5.41, 5.74) is 0.821. The largest absolute Gasteiger partial charge is 0.493 e. The third-order valence-electron chi connectivity index (χ3n) is 7.08. The van der Waals surface area contributed by atoms with Gasteiger partial charge in [0.05, 0.1) is 19.7 Å². The number of hydrogen-bond acceptors (Lipinski definition) is 7. The van der Waals surface area contributed by atoms with Crippen LogP contribution in [0.25, 0.3) is 10.9 Å². The van der Waals surface area contributed by atoms with Gasteiger partial charge in [-0.3, -0.25) is 9.69 Å². The zero-order valence-corrected chi connectivity index (χ0v) is 18.6. The highest BCUT2D eigenvalue weighted by atomic mass is 16.5. The Kier molecular flexibility index (Phi) is 5.48. The molecule has 1 aromatic heterocycles. The second-order valence-electron chi connectivity index (χ2n) is 8.76. The number of benzene rings is 1. The standard InChI is InChI=1S/C23H29N5O4/c1-31-19-12-16-17(13-20(19)32-2)24-14-25-21(16)26-9-5-15(6-10-26)7-11-28-22(29)18-4-3-8-27(18)23(28)30/h12-15,18H,3-11H2,1-2H3. The average Bonchev–Trinajstić information content (AvgIpc) is 3.40. The number of carbonyl (C=O) groups is 2. The molecule has 1 atom stereocenters. The fraction of sp³-hybridized carbons (Fsp3) is 0.565. The van der Waals surface area contributed by atoms with E-state index in [4.69, 9.17) is 9.47 Å². The number of methoxy groups -OCH3 is 2. The Morgan fingerprint density at radius 3 is 2.47 bits per heavy atom. The van der Waals surface area contributed by atoms with E-state index in [1.807, 2.05) is 12.1 Å². The number of ether oxygens (including phenoxy) is 2. The van der Waals surface area contributed by atoms with E-state index >= 15 is 0 Å². The quantitative estimate of drug-likeness (QED) is 0.640. The highest BCUT2D eigenvalue weighted by Gasteiger charge is 2.47. The van der Waals surface area contributed by atoms with Crippen molar-refractivity contribution in [3.05, 3.63) is 18.5 Å². The number of hydrogen-bond donors (Lipinski definition) is 0. The summed E-state index contributed by atoms with van der Waals surface area (Å²) in [6.07, 6.45) is 6.20. The summed E-state index contributed by atoms with van der Waals surface area (Å²) in [4.78, 5) is 39.5. The van der Waals surface area contributed by atoms with Crippen LogP contribution < -0.4 is 14.4 Å². The maximum absolute atomic E-state index is 12.6. The second kappa shape index (κ2) is 8.44. The normalized spacial score (nSPS) is 21.6. The van der Waals surface area contributed by atoms with Crippen LogP contribution in [0.1, 0.15) is 32.1 Å². The molecule has 2 aromatic rings. The molecule has 5 rings (SSSR count). The number of fused-ring (bicyclic) bond motifs is 2. The summed E-state index contributed by atoms with van der Waals surface area (Å²) in [5, 5.41) is 0.942. The van der Waals surface area contributed by atoms with E-state index in [1.165, 1.54) is 4.90 Å². The topological polar surface area (TPSA) is 88.1 Å². The number of carbonyl (C=O) groups excluding carboxylic acids is 2. The molecular weight excluding hydrogens is 410 g/mol. The van der Waals surface area contributed by atoms with Gasteiger partial charge in [-0.15, -0.1) is 0 Å². The maximum atomic E-state index is 12.6. The fourth-order valence-electron chi connectivity index (χ4n) is 5.25. The van der Waals surface area contributed by atoms with Crippen LogP contribution in [-0.4, -0.2) is 78.1 Å². The number of nitrogens with zero attached hydrogens (tertiary/aromatic N) is 5. The summed E-state index contributed by atoms with van der Waals surface area (Å²) >= 11 is 0. The molecular formula is C23H29N5O4. The van der Waals surface area contributed by atoms with E-state index in [2.05, 4.69) is 14.9 Å². The lowest BCUT2D eigenvalue weighted by atomic mass is 9.93. The van der Waals surface area contributed by atoms with Gasteiger partial charge in [-0.2, -0.15) is 0 Å². The van der Waals surface area contributed by atoms with Crippen LogP contribution in [0, 0.1) is 5.92 Å². The van der Waals surface area contributed by atoms with Gasteiger partial charge in [0.1, 0.15) is 18.2 Å². The van der Waals surface area contributed by atoms with Gasteiger partial charge in [0.2, 0.25) is 0 Å². The average molecular weight is 440 g/mol. The first kappa shape index (κ1) is 20.8. The number of anilines is 1. The highest BCUT2D eigenvalue weighted by Crippen LogP contribution is 2.36. The molecule has 3 amide bonds. The lowest BCUT2D eigenvalue weighted by molar-refractivity contribution is -0.128. The van der Waals surface area contributed by atoms with Gasteiger partial charge in [-0.05, 0) is 44.1 Å². The molecule has 0 radical (unpaired) electrons. The van der Waals surface area contributed by atoms with Crippen LogP contribution in [0.3, 0.4) is 0 Å². The molecule has 9 nitrogen and oxygen atoms in total. The first-order chi connectivity index (χ1) is 15.6. The van der Waals surface area contributed by atoms with Crippen molar-refractivity contribution < 1.29 is 19.1 Å². The van der Waals surface area contributed by atoms with Crippen molar-refractivity contribution in [3.8, 4) is 11.5 Å². The van der Waals surface area contributed by atoms with Gasteiger partial charge in [-0.1, -0.05) is 0 Å². The van der Waals surface area contributed by atoms with Crippen molar-refractivity contribution in [2.45, 2.75) is 38.1 Å². The van der Waals surface area contributed by atoms with E-state index in [-0.39, 0.29) is 18.0 Å². The number of amides is 3. The predicted molar refractivity (Wildman–Crippen MR) is 119 cm³/mol. The summed E-state index contributed by atoms with van der Waals surface area (Å²) in [5.74, 6) is 2.70. The number of piperidine rings is 1. The Morgan fingerprint density at radius 2 is 1.75 bits per heavy atom. The van der Waals surface area contributed by atoms with E-state index < -0.39 is 0 Å². The molecule has 32 heavy (non-hydrogen) atoms. The van der Waals surface area contributed by atoms with Gasteiger partial charge in [-0.25, -0.2) is 14.8 Å². The van der Waals surface area contributed by atoms with Crippen molar-refractivity contribution >= 4 is 28.7 Å². The molecule has 0 saturated carbocycles. The molecule has 4 heterocycles. The fourth-order valence-corrected chi connectivity index (χ4v) is 5.25. The number of urea groups is 1. The molecule has 0 aliphatic carbocycles. The summed E-state index contributed by atoms with van der Waals surface area (Å²) in [6.45, 7) is 3.00. The third kappa shape index (κ3) is 3.49. The Morgan fingerprint density at radius 1 is 1.00 bits per heavy atom. The molecule has 9 heteroatoms. The lowest BCUT2D eigenvalue weighted by Crippen LogP contribution is -2.38. The molecule has 170 valence electrons. The first-order valence-corrected chi connectivity index (χ1v) is 11.3. The van der Waals surface area contributed by atoms with Crippen LogP contribution in [0.5, 0.6) is 11.5 Å². The summed E-state index contributed by atoms with van der Waals surface area (Å²) in [7, 11) is 3.24. The molecule has 0 spiro atoms. The van der Waals surface area contributed by atoms with Gasteiger partial charge >= 0.3 is 6.03 Å². The molecule has 3 aliphatic rings. The predicted octanol–water partition coefficient (Wildman–Crippen LogP) is 2.68. The molecule has 1 unspecified atom stereocenters. The molecule has 3 aliphatic heterocycles. The summed E-state index contributed by atoms with van der Waals surface area (Å²) in [6, 6.07) is 3.52. The second-order valence-corrected chi connectivity index (χ2v) is 8.76. The zero-order valence-electron chi connectivity index (χ0n) is 18.6. The minimum absolute atomic E-state index is 0.00164. The van der Waals surface area contributed by atoms with Gasteiger partial charge in [0.25, 0.3) is 5.91 Å². The Bertz CT molecular complexity index is 1010. The number of rotatable bonds is 6. The number of imide groups is 1. The van der Waals surface area contributed by atoms with E-state index in [0.29, 0.717) is 30.5 Å². The van der Waals surface area contributed by atoms with Gasteiger partial charge in [0.15, 0.2) is 11.5 Å². The maximum Gasteiger partial charge on any atom is 0.327 e. The Labute approximate surface area is 187 Å². The van der Waals surface area contributed by atoms with Crippen molar-refractivity contribution in [1.29, 1.82) is 0 Å². The van der Waals surface area contributed by atoms with E-state index in [9.17, 15) is 9.59 Å². The monoisotopic (exact) mass is 439 g/mol. The molecule has 0 N–H and O–H groups in total. The van der Waals surface area contributed by atoms with Crippen LogP contribution >= 0.6 is 0 Å². The van der Waals surface area contributed by atoms with Crippen molar-refractivity contribution in [3.63, 3.8) is 0 Å². The first-order valence-electron chi connectivity index (χ1n) is 11.3. The highest BCUT2D eigenvalue weighted by molar-refractivity contribution is 6.04. The summed E-state index contributed by atoms with van der Waals surface area (Å²) < 4.78 is 10.9. The van der Waals surface area contributed by atoms with Crippen molar-refractivity contribution in [2.24, 2.45) is 5.92 Å². The minimum Gasteiger partial charge on any atom is -0.493 e. The third-order valence-corrected chi connectivity index (χ3v) is 7.08. The van der Waals surface area contributed by atoms with Crippen LogP contribution in [-0.2, 0) is 4.79 Å². The van der Waals surface area contributed by atoms with Gasteiger partial charge in [0, 0.05) is 37.6 Å². The Balaban J connectivity index is 1.23. The van der Waals surface area contributed by atoms with Crippen molar-refractivity contribution in [2.75, 3.05) is 45.3 Å². The lowest BCUT2D eigenvalue weighted by Gasteiger charge is -2.33. The van der Waals surface area contributed by atoms with Crippen LogP contribution in [0.4, 0.5) is 10.6 Å². The van der Waals surface area contributed by atoms with Crippen molar-refractivity contribution in [1.82, 2.24) is 19.8 Å². The van der Waals surface area contributed by atoms with E-state index in [1.54, 1.807) is 25.4 Å².